The number of esters is 2. The van der Waals surface area contributed by atoms with E-state index in [-0.39, 0.29) is 90.5 Å². The number of aryl methyl sites for hydroxylation is 2. The summed E-state index contributed by atoms with van der Waals surface area (Å²) in [5, 5.41) is 29.2. The van der Waals surface area contributed by atoms with E-state index in [1.807, 2.05) is 63.7 Å². The highest BCUT2D eigenvalue weighted by Gasteiger charge is 2.50. The first-order valence-electron chi connectivity index (χ1n) is 31.0. The number of piperazine rings is 2. The Hall–Kier alpha value is -9.10. The molecule has 6 aliphatic rings. The normalized spacial score (nSPS) is 21.1. The molecule has 0 radical (unpaired) electrons. The number of carbonyl (C=O) groups is 6. The number of carbonyl (C=O) groups excluding carboxylic acids is 4. The third kappa shape index (κ3) is 14.8. The third-order valence-electron chi connectivity index (χ3n) is 18.0. The molecule has 0 aliphatic carbocycles. The van der Waals surface area contributed by atoms with E-state index >= 15 is 0 Å². The van der Waals surface area contributed by atoms with Crippen LogP contribution in [0, 0.1) is 24.4 Å². The standard InChI is InChI=1S/C34H36F2N6O6S.C33H34ClFN6O6S/c1-19-22(9-10-23(35)29(19)36)30-28(33(45)48-3)24(38-31(39-30)32-37-12-15-49-32)16-40-13-14-41-25(26(40)18-47-2)17-42(34(41)46)21-7-4-20(5-8-21)6-11-27(43)44;1-46-18-25-24-17-41(20-9-6-19(7-10-20)8-11-26(42)43)33(45)40(24)14-13-39(25)16-23-27(32(44)47-2)29(21-4-3-5-22(35)28(21)34)38-30(37-23)31-36-12-15-48-31/h4-5,7-10,12,15,25-26,30H,6,11,13-14,16-18H2,1-3H3,(H,38,39)(H,43,44);3-7,9-10,12,15,24-25,29H,8,11,13-14,16-18H2,1-2H3,(H,37,38)(H,42,43)/t25-,26-,30+;24-,25-,29+/m11/s1. The summed E-state index contributed by atoms with van der Waals surface area (Å²) in [5.41, 5.74) is 5.15. The second kappa shape index (κ2) is 30.5. The lowest BCUT2D eigenvalue weighted by Gasteiger charge is -2.44. The Morgan fingerprint density at radius 3 is 1.47 bits per heavy atom. The molecule has 24 nitrogen and oxygen atoms in total. The molecule has 6 aliphatic heterocycles. The SMILES string of the molecule is COC[C@@H]1[C@H]2CN(c3ccc(CCC(=O)O)cc3)C(=O)N2CCN1CC1=C(C(=O)OC)[C@H](c2ccc(F)c(F)c2C)N=C(c2nccs2)N1.COC[C@@H]1[C@H]2CN(c3ccc(CCC(=O)O)cc3)C(=O)N2CCN1CC1=C(C(=O)OC)[C@H](c2cccc(F)c2Cl)N=C(c2nccs2)N1. The number of amidine groups is 2. The summed E-state index contributed by atoms with van der Waals surface area (Å²) in [5.74, 6) is -4.91. The fourth-order valence-electron chi connectivity index (χ4n) is 13.2. The number of aliphatic carboxylic acids is 2. The number of halogens is 4. The average molecular weight is 1390 g/mol. The molecule has 4 N–H and O–H groups in total. The lowest BCUT2D eigenvalue weighted by atomic mass is 9.91. The van der Waals surface area contributed by atoms with E-state index < -0.39 is 53.4 Å². The van der Waals surface area contributed by atoms with E-state index in [1.54, 1.807) is 47.9 Å². The first-order valence-corrected chi connectivity index (χ1v) is 33.2. The number of anilines is 2. The first kappa shape index (κ1) is 69.3. The second-order valence-electron chi connectivity index (χ2n) is 23.6. The summed E-state index contributed by atoms with van der Waals surface area (Å²) >= 11 is 9.15. The minimum Gasteiger partial charge on any atom is -0.481 e. The number of urea groups is 2. The molecular formula is C67H70ClF3N12O12S2. The highest BCUT2D eigenvalue weighted by atomic mass is 35.5. The molecule has 12 rings (SSSR count). The van der Waals surface area contributed by atoms with Crippen LogP contribution in [0.5, 0.6) is 0 Å². The van der Waals surface area contributed by atoms with Crippen LogP contribution in [0.3, 0.4) is 0 Å². The van der Waals surface area contributed by atoms with Gasteiger partial charge in [-0.1, -0.05) is 54.1 Å². The van der Waals surface area contributed by atoms with Crippen molar-refractivity contribution in [3.8, 4) is 0 Å². The van der Waals surface area contributed by atoms with Gasteiger partial charge in [0, 0.05) is 131 Å². The number of aliphatic imine (C=N–C) groups is 2. The number of carboxylic acids is 2. The van der Waals surface area contributed by atoms with Gasteiger partial charge in [0.2, 0.25) is 0 Å². The van der Waals surface area contributed by atoms with Crippen LogP contribution in [-0.2, 0) is 51.0 Å². The highest BCUT2D eigenvalue weighted by Crippen LogP contribution is 2.41. The van der Waals surface area contributed by atoms with E-state index in [4.69, 9.17) is 50.7 Å². The number of hydrogen-bond donors (Lipinski definition) is 4. The van der Waals surface area contributed by atoms with Crippen molar-refractivity contribution in [3.63, 3.8) is 0 Å². The van der Waals surface area contributed by atoms with Gasteiger partial charge in [-0.2, -0.15) is 0 Å². The van der Waals surface area contributed by atoms with Gasteiger partial charge in [-0.15, -0.1) is 22.7 Å². The lowest BCUT2D eigenvalue weighted by Crippen LogP contribution is -2.61. The Morgan fingerprint density at radius 1 is 0.608 bits per heavy atom. The van der Waals surface area contributed by atoms with Crippen molar-refractivity contribution >= 4 is 93.3 Å². The van der Waals surface area contributed by atoms with E-state index in [1.165, 1.54) is 62.0 Å². The van der Waals surface area contributed by atoms with Gasteiger partial charge in [-0.25, -0.2) is 42.3 Å². The fraction of sp³-hybridized carbons (Fsp3) is 0.373. The molecule has 510 valence electrons. The lowest BCUT2D eigenvalue weighted by molar-refractivity contribution is -0.138. The smallest absolute Gasteiger partial charge is 0.338 e. The molecule has 6 atom stereocenters. The predicted molar refractivity (Wildman–Crippen MR) is 355 cm³/mol. The summed E-state index contributed by atoms with van der Waals surface area (Å²) in [6.07, 6.45) is 4.12. The Labute approximate surface area is 569 Å². The molecule has 97 heavy (non-hydrogen) atoms. The molecule has 4 amide bonds. The molecular weight excluding hydrogens is 1320 g/mol. The first-order chi connectivity index (χ1) is 46.8. The van der Waals surface area contributed by atoms with Crippen molar-refractivity contribution in [2.75, 3.05) is 104 Å². The van der Waals surface area contributed by atoms with Gasteiger partial charge in [0.25, 0.3) is 0 Å². The average Bonchev–Trinajstić information content (AvgIpc) is 1.75. The molecule has 0 unspecified atom stereocenters. The molecule has 0 bridgehead atoms. The summed E-state index contributed by atoms with van der Waals surface area (Å²) in [4.78, 5) is 106. The molecule has 6 aromatic rings. The van der Waals surface area contributed by atoms with Crippen LogP contribution in [0.15, 0.2) is 135 Å². The third-order valence-corrected chi connectivity index (χ3v) is 20.0. The zero-order chi connectivity index (χ0) is 68.8. The quantitative estimate of drug-likeness (QED) is 0.0468. The topological polar surface area (TPSA) is 274 Å². The number of carboxylic acid groups (broad SMARTS) is 2. The van der Waals surface area contributed by atoms with E-state index in [2.05, 4.69) is 30.4 Å². The maximum Gasteiger partial charge on any atom is 0.338 e. The van der Waals surface area contributed by atoms with E-state index in [9.17, 15) is 41.9 Å². The van der Waals surface area contributed by atoms with Crippen molar-refractivity contribution in [3.05, 3.63) is 185 Å². The number of aromatic nitrogens is 2. The van der Waals surface area contributed by atoms with Gasteiger partial charge in [0.05, 0.1) is 67.8 Å². The maximum atomic E-state index is 14.9. The second-order valence-corrected chi connectivity index (χ2v) is 25.8. The zero-order valence-electron chi connectivity index (χ0n) is 53.5. The maximum absolute atomic E-state index is 14.9. The van der Waals surface area contributed by atoms with Crippen molar-refractivity contribution in [2.24, 2.45) is 9.98 Å². The van der Waals surface area contributed by atoms with E-state index in [0.717, 1.165) is 22.9 Å². The van der Waals surface area contributed by atoms with Crippen LogP contribution in [-0.4, -0.2) is 206 Å². The molecule has 4 fully saturated rings. The Bertz CT molecular complexity index is 4070. The van der Waals surface area contributed by atoms with E-state index in [0.29, 0.717) is 109 Å². The monoisotopic (exact) mass is 1390 g/mol. The van der Waals surface area contributed by atoms with Crippen molar-refractivity contribution in [1.29, 1.82) is 0 Å². The molecule has 2 aromatic heterocycles. The van der Waals surface area contributed by atoms with Crippen LogP contribution >= 0.6 is 34.3 Å². The summed E-state index contributed by atoms with van der Waals surface area (Å²) in [7, 11) is 5.73. The van der Waals surface area contributed by atoms with Crippen molar-refractivity contribution in [2.45, 2.75) is 68.9 Å². The molecule has 30 heteroatoms. The number of rotatable bonds is 22. The molecule has 4 saturated heterocycles. The number of methoxy groups -OCH3 is 4. The summed E-state index contributed by atoms with van der Waals surface area (Å²) in [6, 6.07) is 18.3. The fourth-order valence-corrected chi connectivity index (χ4v) is 14.6. The minimum atomic E-state index is -1.02. The van der Waals surface area contributed by atoms with Gasteiger partial charge in [-0.05, 0) is 78.4 Å². The summed E-state index contributed by atoms with van der Waals surface area (Å²) < 4.78 is 65.5. The molecule has 0 spiro atoms. The van der Waals surface area contributed by atoms with Gasteiger partial charge < -0.3 is 49.6 Å². The molecule has 8 heterocycles. The Morgan fingerprint density at radius 2 is 1.06 bits per heavy atom. The van der Waals surface area contributed by atoms with Crippen molar-refractivity contribution < 1.29 is 71.1 Å². The number of fused-ring (bicyclic) bond motifs is 2. The Balaban J connectivity index is 0.000000197. The predicted octanol–water partition coefficient (Wildman–Crippen LogP) is 8.02. The highest BCUT2D eigenvalue weighted by molar-refractivity contribution is 7.12. The largest absolute Gasteiger partial charge is 0.481 e. The van der Waals surface area contributed by atoms with Crippen LogP contribution in [0.1, 0.15) is 62.8 Å². The molecule has 0 saturated carbocycles. The number of hydrogen-bond acceptors (Lipinski definition) is 20. The van der Waals surface area contributed by atoms with Gasteiger partial charge in [0.15, 0.2) is 33.3 Å². The number of nitrogens with zero attached hydrogens (tertiary/aromatic N) is 10. The number of thiazole rings is 2. The van der Waals surface area contributed by atoms with Gasteiger partial charge in [0.1, 0.15) is 17.9 Å². The van der Waals surface area contributed by atoms with Crippen molar-refractivity contribution in [1.82, 2.24) is 40.2 Å². The van der Waals surface area contributed by atoms with Crippen LogP contribution in [0.4, 0.5) is 34.1 Å². The summed E-state index contributed by atoms with van der Waals surface area (Å²) in [6.45, 7) is 5.06. The Kier molecular flexibility index (Phi) is 21.8. The number of nitrogens with one attached hydrogen (secondary N) is 2. The molecule has 4 aromatic carbocycles. The van der Waals surface area contributed by atoms with Crippen LogP contribution < -0.4 is 20.4 Å². The minimum absolute atomic E-state index is 0.0215. The van der Waals surface area contributed by atoms with Crippen LogP contribution in [0.2, 0.25) is 5.02 Å². The van der Waals surface area contributed by atoms with Crippen LogP contribution in [0.25, 0.3) is 0 Å². The number of benzene rings is 4. The number of amides is 4. The number of ether oxygens (including phenoxy) is 4. The van der Waals surface area contributed by atoms with Gasteiger partial charge >= 0.3 is 35.9 Å². The zero-order valence-corrected chi connectivity index (χ0v) is 55.8. The van der Waals surface area contributed by atoms with Gasteiger partial charge in [-0.3, -0.25) is 39.2 Å².